The number of aliphatic hydroxyl groups excluding tert-OH is 1. The minimum atomic E-state index is -0.00802. The van der Waals surface area contributed by atoms with E-state index < -0.39 is 0 Å². The van der Waals surface area contributed by atoms with E-state index in [2.05, 4.69) is 37.9 Å². The predicted octanol–water partition coefficient (Wildman–Crippen LogP) is 3.39. The Bertz CT molecular complexity index is 378. The first-order valence-electron chi connectivity index (χ1n) is 4.77. The summed E-state index contributed by atoms with van der Waals surface area (Å²) in [5, 5.41) is 17.4. The fourth-order valence-corrected chi connectivity index (χ4v) is 2.68. The normalized spacial score (nSPS) is 9.88. The molecule has 0 atom stereocenters. The van der Waals surface area contributed by atoms with Gasteiger partial charge in [-0.1, -0.05) is 0 Å². The third kappa shape index (κ3) is 3.78. The quantitative estimate of drug-likeness (QED) is 0.830. The van der Waals surface area contributed by atoms with Gasteiger partial charge < -0.3 is 9.84 Å². The molecule has 1 N–H and O–H groups in total. The highest BCUT2D eigenvalue weighted by molar-refractivity contribution is 9.11. The number of aliphatic hydroxyl groups is 1. The molecule has 5 heteroatoms. The number of ether oxygens (including phenoxy) is 1. The molecule has 0 bridgehead atoms. The van der Waals surface area contributed by atoms with Crippen molar-refractivity contribution in [2.24, 2.45) is 0 Å². The highest BCUT2D eigenvalue weighted by Gasteiger charge is 2.08. The van der Waals surface area contributed by atoms with Crippen molar-refractivity contribution >= 4 is 31.9 Å². The molecule has 0 aliphatic carbocycles. The Morgan fingerprint density at radius 1 is 1.31 bits per heavy atom. The molecule has 0 spiro atoms. The molecule has 1 aromatic carbocycles. The van der Waals surface area contributed by atoms with Crippen molar-refractivity contribution < 1.29 is 9.84 Å². The number of unbranched alkanes of at least 4 members (excludes halogenated alkanes) is 1. The molecular weight excluding hydrogens is 338 g/mol. The summed E-state index contributed by atoms with van der Waals surface area (Å²) in [7, 11) is 0. The molecule has 0 aliphatic rings. The van der Waals surface area contributed by atoms with Gasteiger partial charge >= 0.3 is 0 Å². The number of halogens is 2. The summed E-state index contributed by atoms with van der Waals surface area (Å²) in [5.41, 5.74) is 0.808. The van der Waals surface area contributed by atoms with Crippen molar-refractivity contribution in [2.45, 2.75) is 19.4 Å². The van der Waals surface area contributed by atoms with Crippen molar-refractivity contribution in [3.8, 4) is 11.8 Å². The lowest BCUT2D eigenvalue weighted by Gasteiger charge is -2.10. The van der Waals surface area contributed by atoms with Crippen molar-refractivity contribution in [3.05, 3.63) is 26.6 Å². The van der Waals surface area contributed by atoms with Crippen LogP contribution in [0.1, 0.15) is 18.4 Å². The van der Waals surface area contributed by atoms with Crippen LogP contribution in [-0.4, -0.2) is 11.7 Å². The van der Waals surface area contributed by atoms with E-state index in [0.717, 1.165) is 14.5 Å². The Hall–Kier alpha value is -0.570. The van der Waals surface area contributed by atoms with Crippen LogP contribution in [0.15, 0.2) is 21.1 Å². The molecule has 1 rings (SSSR count). The molecule has 3 nitrogen and oxygen atoms in total. The summed E-state index contributed by atoms with van der Waals surface area (Å²) in [6.45, 7) is 0.495. The molecule has 0 unspecified atom stereocenters. The maximum absolute atomic E-state index is 9.00. The first-order valence-corrected chi connectivity index (χ1v) is 6.36. The molecule has 1 aromatic rings. The molecule has 16 heavy (non-hydrogen) atoms. The Balaban J connectivity index is 2.69. The van der Waals surface area contributed by atoms with Crippen molar-refractivity contribution in [2.75, 3.05) is 6.61 Å². The monoisotopic (exact) mass is 347 g/mol. The highest BCUT2D eigenvalue weighted by atomic mass is 79.9. The maximum atomic E-state index is 9.00. The van der Waals surface area contributed by atoms with E-state index in [9.17, 15) is 0 Å². The molecule has 0 aliphatic heterocycles. The molecule has 0 aromatic heterocycles. The number of nitriles is 1. The molecule has 0 saturated carbocycles. The fraction of sp³-hybridized carbons (Fsp3) is 0.364. The topological polar surface area (TPSA) is 53.2 Å². The Kier molecular flexibility index (Phi) is 5.81. The first kappa shape index (κ1) is 13.5. The SMILES string of the molecule is N#CCCCOc1c(Br)cc(CO)cc1Br. The largest absolute Gasteiger partial charge is 0.491 e. The van der Waals surface area contributed by atoms with Crippen LogP contribution in [0.25, 0.3) is 0 Å². The smallest absolute Gasteiger partial charge is 0.147 e. The second-order valence-electron chi connectivity index (χ2n) is 3.16. The second-order valence-corrected chi connectivity index (χ2v) is 4.87. The van der Waals surface area contributed by atoms with E-state index >= 15 is 0 Å². The van der Waals surface area contributed by atoms with Crippen LogP contribution in [0.2, 0.25) is 0 Å². The van der Waals surface area contributed by atoms with Gasteiger partial charge in [-0.3, -0.25) is 0 Å². The van der Waals surface area contributed by atoms with Crippen molar-refractivity contribution in [1.82, 2.24) is 0 Å². The van der Waals surface area contributed by atoms with E-state index in [1.54, 1.807) is 0 Å². The van der Waals surface area contributed by atoms with Gasteiger partial charge in [-0.15, -0.1) is 0 Å². The number of benzene rings is 1. The van der Waals surface area contributed by atoms with Crippen LogP contribution in [0, 0.1) is 11.3 Å². The molecule has 0 fully saturated rings. The van der Waals surface area contributed by atoms with Crippen LogP contribution in [-0.2, 0) is 6.61 Å². The van der Waals surface area contributed by atoms with Gasteiger partial charge in [-0.2, -0.15) is 5.26 Å². The highest BCUT2D eigenvalue weighted by Crippen LogP contribution is 2.34. The van der Waals surface area contributed by atoms with Gasteiger partial charge in [-0.25, -0.2) is 0 Å². The molecule has 0 saturated heterocycles. The average molecular weight is 349 g/mol. The van der Waals surface area contributed by atoms with Crippen LogP contribution in [0.4, 0.5) is 0 Å². The Labute approximate surface area is 111 Å². The Morgan fingerprint density at radius 2 is 1.94 bits per heavy atom. The van der Waals surface area contributed by atoms with Gasteiger partial charge in [-0.05, 0) is 56.0 Å². The lowest BCUT2D eigenvalue weighted by Crippen LogP contribution is -1.99. The van der Waals surface area contributed by atoms with Gasteiger partial charge in [0.25, 0.3) is 0 Å². The number of nitrogens with zero attached hydrogens (tertiary/aromatic N) is 1. The molecule has 0 amide bonds. The van der Waals surface area contributed by atoms with Crippen molar-refractivity contribution in [1.29, 1.82) is 5.26 Å². The van der Waals surface area contributed by atoms with Gasteiger partial charge in [0.15, 0.2) is 0 Å². The lowest BCUT2D eigenvalue weighted by molar-refractivity contribution is 0.280. The van der Waals surface area contributed by atoms with Crippen LogP contribution >= 0.6 is 31.9 Å². The van der Waals surface area contributed by atoms with E-state index in [1.807, 2.05) is 12.1 Å². The lowest BCUT2D eigenvalue weighted by atomic mass is 10.2. The van der Waals surface area contributed by atoms with Gasteiger partial charge in [0.05, 0.1) is 28.2 Å². The minimum absolute atomic E-state index is 0.00802. The van der Waals surface area contributed by atoms with Gasteiger partial charge in [0.2, 0.25) is 0 Å². The standard InChI is InChI=1S/C11H11Br2NO2/c12-9-5-8(7-15)6-10(13)11(9)16-4-2-1-3-14/h5-6,15H,1-2,4,7H2. The summed E-state index contributed by atoms with van der Waals surface area (Å²) < 4.78 is 7.13. The Morgan fingerprint density at radius 3 is 2.44 bits per heavy atom. The molecular formula is C11H11Br2NO2. The zero-order chi connectivity index (χ0) is 12.0. The van der Waals surface area contributed by atoms with E-state index in [1.165, 1.54) is 0 Å². The van der Waals surface area contributed by atoms with Gasteiger partial charge in [0, 0.05) is 6.42 Å². The molecule has 86 valence electrons. The van der Waals surface area contributed by atoms with Crippen molar-refractivity contribution in [3.63, 3.8) is 0 Å². The second kappa shape index (κ2) is 6.89. The van der Waals surface area contributed by atoms with Crippen LogP contribution < -0.4 is 4.74 Å². The zero-order valence-electron chi connectivity index (χ0n) is 8.54. The van der Waals surface area contributed by atoms with E-state index in [0.29, 0.717) is 25.2 Å². The predicted molar refractivity (Wildman–Crippen MR) is 68.1 cm³/mol. The maximum Gasteiger partial charge on any atom is 0.147 e. The zero-order valence-corrected chi connectivity index (χ0v) is 11.7. The fourth-order valence-electron chi connectivity index (χ4n) is 1.17. The number of hydrogen-bond acceptors (Lipinski definition) is 3. The summed E-state index contributed by atoms with van der Waals surface area (Å²) in [6.07, 6.45) is 1.20. The summed E-state index contributed by atoms with van der Waals surface area (Å²) in [5.74, 6) is 0.704. The molecule has 0 radical (unpaired) electrons. The average Bonchev–Trinajstić information content (AvgIpc) is 2.26. The number of hydrogen-bond donors (Lipinski definition) is 1. The first-order chi connectivity index (χ1) is 7.69. The summed E-state index contributed by atoms with van der Waals surface area (Å²) >= 11 is 6.75. The van der Waals surface area contributed by atoms with E-state index in [-0.39, 0.29) is 6.61 Å². The summed E-state index contributed by atoms with van der Waals surface area (Å²) in [6, 6.07) is 5.68. The summed E-state index contributed by atoms with van der Waals surface area (Å²) in [4.78, 5) is 0. The van der Waals surface area contributed by atoms with E-state index in [4.69, 9.17) is 15.1 Å². The molecule has 0 heterocycles. The number of rotatable bonds is 5. The third-order valence-electron chi connectivity index (χ3n) is 1.92. The minimum Gasteiger partial charge on any atom is -0.491 e. The third-order valence-corrected chi connectivity index (χ3v) is 3.10. The van der Waals surface area contributed by atoms with Gasteiger partial charge in [0.1, 0.15) is 5.75 Å². The van der Waals surface area contributed by atoms with Crippen LogP contribution in [0.3, 0.4) is 0 Å². The van der Waals surface area contributed by atoms with Crippen LogP contribution in [0.5, 0.6) is 5.75 Å².